The summed E-state index contributed by atoms with van der Waals surface area (Å²) in [6.45, 7) is 3.31. The van der Waals surface area contributed by atoms with Crippen LogP contribution in [0.2, 0.25) is 0 Å². The lowest BCUT2D eigenvalue weighted by atomic mass is 10.3. The molecule has 0 aliphatic rings. The van der Waals surface area contributed by atoms with Crippen LogP contribution in [0.25, 0.3) is 0 Å². The number of rotatable bonds is 3. The summed E-state index contributed by atoms with van der Waals surface area (Å²) in [5.41, 5.74) is 7.67. The van der Waals surface area contributed by atoms with E-state index >= 15 is 0 Å². The van der Waals surface area contributed by atoms with Gasteiger partial charge in [0.25, 0.3) is 0 Å². The van der Waals surface area contributed by atoms with E-state index in [4.69, 9.17) is 5.73 Å². The Morgan fingerprint density at radius 3 is 3.00 bits per heavy atom. The average molecular weight is 208 g/mol. The van der Waals surface area contributed by atoms with Crippen molar-refractivity contribution in [1.29, 1.82) is 0 Å². The molecule has 14 heavy (non-hydrogen) atoms. The molecule has 0 bridgehead atoms. The van der Waals surface area contributed by atoms with Crippen molar-refractivity contribution in [1.82, 2.24) is 14.2 Å². The van der Waals surface area contributed by atoms with Crippen LogP contribution >= 0.6 is 11.5 Å². The number of hydrogen-bond donors (Lipinski definition) is 1. The molecule has 0 aromatic carbocycles. The maximum atomic E-state index is 5.55. The molecule has 0 spiro atoms. The van der Waals surface area contributed by atoms with Crippen molar-refractivity contribution >= 4 is 11.5 Å². The SMILES string of the molecule is Cc1cn(Cc2ccns2)nc1CN. The quantitative estimate of drug-likeness (QED) is 0.823. The highest BCUT2D eigenvalue weighted by atomic mass is 32.1. The highest BCUT2D eigenvalue weighted by Gasteiger charge is 2.03. The third-order valence-corrected chi connectivity index (χ3v) is 2.78. The fraction of sp³-hybridized carbons (Fsp3) is 0.333. The van der Waals surface area contributed by atoms with E-state index < -0.39 is 0 Å². The van der Waals surface area contributed by atoms with E-state index in [-0.39, 0.29) is 0 Å². The smallest absolute Gasteiger partial charge is 0.0789 e. The van der Waals surface area contributed by atoms with Crippen LogP contribution < -0.4 is 5.73 Å². The monoisotopic (exact) mass is 208 g/mol. The summed E-state index contributed by atoms with van der Waals surface area (Å²) in [5, 5.41) is 4.37. The molecule has 0 radical (unpaired) electrons. The van der Waals surface area contributed by atoms with E-state index in [1.165, 1.54) is 16.4 Å². The average Bonchev–Trinajstić information content (AvgIpc) is 2.76. The normalized spacial score (nSPS) is 10.7. The lowest BCUT2D eigenvalue weighted by molar-refractivity contribution is 0.679. The largest absolute Gasteiger partial charge is 0.325 e. The third kappa shape index (κ3) is 1.83. The Kier molecular flexibility index (Phi) is 2.60. The Morgan fingerprint density at radius 2 is 2.43 bits per heavy atom. The maximum Gasteiger partial charge on any atom is 0.0789 e. The van der Waals surface area contributed by atoms with Crippen LogP contribution in [-0.4, -0.2) is 14.2 Å². The fourth-order valence-electron chi connectivity index (χ4n) is 1.33. The van der Waals surface area contributed by atoms with Gasteiger partial charge in [0.05, 0.1) is 12.2 Å². The van der Waals surface area contributed by atoms with Gasteiger partial charge in [0, 0.05) is 23.8 Å². The maximum absolute atomic E-state index is 5.55. The Labute approximate surface area is 86.5 Å². The topological polar surface area (TPSA) is 56.7 Å². The molecule has 0 aliphatic carbocycles. The van der Waals surface area contributed by atoms with Crippen LogP contribution in [0.4, 0.5) is 0 Å². The number of nitrogens with zero attached hydrogens (tertiary/aromatic N) is 3. The van der Waals surface area contributed by atoms with Crippen molar-refractivity contribution in [3.63, 3.8) is 0 Å². The molecule has 0 saturated carbocycles. The minimum absolute atomic E-state index is 0.502. The molecule has 2 N–H and O–H groups in total. The zero-order valence-electron chi connectivity index (χ0n) is 7.97. The van der Waals surface area contributed by atoms with Gasteiger partial charge in [-0.3, -0.25) is 4.68 Å². The zero-order chi connectivity index (χ0) is 9.97. The van der Waals surface area contributed by atoms with Crippen LogP contribution in [-0.2, 0) is 13.1 Å². The predicted octanol–water partition coefficient (Wildman–Crippen LogP) is 1.16. The molecular formula is C9H12N4S. The van der Waals surface area contributed by atoms with Gasteiger partial charge in [-0.2, -0.15) is 5.10 Å². The summed E-state index contributed by atoms with van der Waals surface area (Å²) in [7, 11) is 0. The standard InChI is InChI=1S/C9H12N4S/c1-7-5-13(12-9(7)4-10)6-8-2-3-11-14-8/h2-3,5H,4,6,10H2,1H3. The summed E-state index contributed by atoms with van der Waals surface area (Å²) in [6.07, 6.45) is 3.82. The molecule has 4 nitrogen and oxygen atoms in total. The van der Waals surface area contributed by atoms with Gasteiger partial charge in [-0.25, -0.2) is 4.37 Å². The fourth-order valence-corrected chi connectivity index (χ4v) is 1.90. The van der Waals surface area contributed by atoms with E-state index in [9.17, 15) is 0 Å². The molecule has 0 saturated heterocycles. The van der Waals surface area contributed by atoms with Crippen molar-refractivity contribution in [2.75, 3.05) is 0 Å². The lowest BCUT2D eigenvalue weighted by Gasteiger charge is -1.96. The van der Waals surface area contributed by atoms with E-state index in [0.29, 0.717) is 6.54 Å². The minimum atomic E-state index is 0.502. The second-order valence-corrected chi connectivity index (χ2v) is 4.06. The van der Waals surface area contributed by atoms with E-state index in [2.05, 4.69) is 9.47 Å². The third-order valence-electron chi connectivity index (χ3n) is 2.05. The molecule has 2 heterocycles. The Balaban J connectivity index is 2.17. The van der Waals surface area contributed by atoms with Crippen LogP contribution in [0.1, 0.15) is 16.1 Å². The van der Waals surface area contributed by atoms with Gasteiger partial charge in [0.2, 0.25) is 0 Å². The van der Waals surface area contributed by atoms with Crippen LogP contribution in [0.3, 0.4) is 0 Å². The van der Waals surface area contributed by atoms with Crippen LogP contribution in [0.5, 0.6) is 0 Å². The van der Waals surface area contributed by atoms with Crippen LogP contribution in [0.15, 0.2) is 18.5 Å². The molecule has 0 unspecified atom stereocenters. The highest BCUT2D eigenvalue weighted by Crippen LogP contribution is 2.09. The van der Waals surface area contributed by atoms with E-state index in [0.717, 1.165) is 17.8 Å². The summed E-state index contributed by atoms with van der Waals surface area (Å²) in [6, 6.07) is 2.00. The molecular weight excluding hydrogens is 196 g/mol. The molecule has 0 amide bonds. The summed E-state index contributed by atoms with van der Waals surface area (Å²) < 4.78 is 5.95. The van der Waals surface area contributed by atoms with Crippen LogP contribution in [0, 0.1) is 6.92 Å². The first-order valence-electron chi connectivity index (χ1n) is 4.42. The first-order valence-corrected chi connectivity index (χ1v) is 5.19. The van der Waals surface area contributed by atoms with Gasteiger partial charge in [-0.05, 0) is 30.1 Å². The van der Waals surface area contributed by atoms with Crippen molar-refractivity contribution < 1.29 is 0 Å². The van der Waals surface area contributed by atoms with Gasteiger partial charge in [0.1, 0.15) is 0 Å². The Morgan fingerprint density at radius 1 is 1.57 bits per heavy atom. The summed E-state index contributed by atoms with van der Waals surface area (Å²) in [4.78, 5) is 1.20. The zero-order valence-corrected chi connectivity index (χ0v) is 8.79. The van der Waals surface area contributed by atoms with Crippen molar-refractivity contribution in [3.05, 3.63) is 34.6 Å². The second-order valence-electron chi connectivity index (χ2n) is 3.14. The summed E-state index contributed by atoms with van der Waals surface area (Å²) >= 11 is 1.50. The second kappa shape index (κ2) is 3.89. The van der Waals surface area contributed by atoms with Crippen molar-refractivity contribution in [2.45, 2.75) is 20.0 Å². The Bertz CT molecular complexity index is 404. The van der Waals surface area contributed by atoms with Gasteiger partial charge in [-0.1, -0.05) is 0 Å². The van der Waals surface area contributed by atoms with E-state index in [1.807, 2.05) is 23.9 Å². The van der Waals surface area contributed by atoms with Crippen molar-refractivity contribution in [3.8, 4) is 0 Å². The predicted molar refractivity (Wildman–Crippen MR) is 56.1 cm³/mol. The van der Waals surface area contributed by atoms with Gasteiger partial charge >= 0.3 is 0 Å². The van der Waals surface area contributed by atoms with Crippen molar-refractivity contribution in [2.24, 2.45) is 5.73 Å². The molecule has 2 rings (SSSR count). The van der Waals surface area contributed by atoms with Gasteiger partial charge in [-0.15, -0.1) is 0 Å². The van der Waals surface area contributed by atoms with Gasteiger partial charge in [0.15, 0.2) is 0 Å². The molecule has 5 heteroatoms. The first kappa shape index (κ1) is 9.36. The number of nitrogens with two attached hydrogens (primary N) is 1. The molecule has 2 aromatic rings. The number of hydrogen-bond acceptors (Lipinski definition) is 4. The molecule has 2 aromatic heterocycles. The molecule has 0 fully saturated rings. The molecule has 74 valence electrons. The number of aromatic nitrogens is 3. The first-order chi connectivity index (χ1) is 6.79. The van der Waals surface area contributed by atoms with Gasteiger partial charge < -0.3 is 5.73 Å². The highest BCUT2D eigenvalue weighted by molar-refractivity contribution is 7.05. The minimum Gasteiger partial charge on any atom is -0.325 e. The summed E-state index contributed by atoms with van der Waals surface area (Å²) in [5.74, 6) is 0. The lowest BCUT2D eigenvalue weighted by Crippen LogP contribution is -2.02. The molecule has 0 atom stereocenters. The van der Waals surface area contributed by atoms with E-state index in [1.54, 1.807) is 6.20 Å². The Hall–Kier alpha value is -1.20. The molecule has 0 aliphatic heterocycles. The number of aryl methyl sites for hydroxylation is 1.